The lowest BCUT2D eigenvalue weighted by molar-refractivity contribution is -0.216. The van der Waals surface area contributed by atoms with E-state index in [1.54, 1.807) is 14.2 Å². The van der Waals surface area contributed by atoms with Crippen LogP contribution in [0.4, 0.5) is 0 Å². The monoisotopic (exact) mass is 302 g/mol. The van der Waals surface area contributed by atoms with Gasteiger partial charge in [0.1, 0.15) is 0 Å². The number of nitrogens with one attached hydrogen (secondary N) is 1. The Hall–Kier alpha value is -0.160. The first-order chi connectivity index (χ1) is 10.1. The minimum Gasteiger partial charge on any atom is -0.353 e. The Bertz CT molecular complexity index is 221. The van der Waals surface area contributed by atoms with Gasteiger partial charge in [0, 0.05) is 40.2 Å². The largest absolute Gasteiger partial charge is 0.353 e. The molecule has 1 unspecified atom stereocenters. The van der Waals surface area contributed by atoms with Gasteiger partial charge in [-0.3, -0.25) is 0 Å². The molecular weight excluding hydrogens is 264 g/mol. The van der Waals surface area contributed by atoms with Crippen molar-refractivity contribution >= 4 is 0 Å². The minimum absolute atomic E-state index is 0.363. The number of unbranched alkanes of at least 4 members (excludes halogenated alkanes) is 1. The molecular formula is C17H38N2O2. The standard InChI is InChI=1S/C17H38N2O2/c1-5-6-11-17(20-3,21-4)12-7-9-16(2)10-8-14-19-15-13-18/h16,19H,5-15,18H2,1-4H3. The maximum Gasteiger partial charge on any atom is 0.167 e. The molecule has 0 aliphatic heterocycles. The first kappa shape index (κ1) is 20.8. The highest BCUT2D eigenvalue weighted by Crippen LogP contribution is 2.27. The van der Waals surface area contributed by atoms with Crippen LogP contribution >= 0.6 is 0 Å². The maximum absolute atomic E-state index is 5.65. The summed E-state index contributed by atoms with van der Waals surface area (Å²) in [5.74, 6) is 0.403. The Morgan fingerprint density at radius 3 is 2.19 bits per heavy atom. The van der Waals surface area contributed by atoms with Gasteiger partial charge >= 0.3 is 0 Å². The fourth-order valence-electron chi connectivity index (χ4n) is 2.73. The number of hydrogen-bond acceptors (Lipinski definition) is 4. The number of rotatable bonds is 15. The summed E-state index contributed by atoms with van der Waals surface area (Å²) in [5, 5.41) is 3.35. The first-order valence-corrected chi connectivity index (χ1v) is 8.65. The van der Waals surface area contributed by atoms with Gasteiger partial charge in [0.25, 0.3) is 0 Å². The summed E-state index contributed by atoms with van der Waals surface area (Å²) in [4.78, 5) is 0. The molecule has 0 amide bonds. The van der Waals surface area contributed by atoms with Crippen LogP contribution in [0.1, 0.15) is 65.2 Å². The van der Waals surface area contributed by atoms with Crippen LogP contribution in [0.2, 0.25) is 0 Å². The van der Waals surface area contributed by atoms with Gasteiger partial charge in [-0.25, -0.2) is 0 Å². The van der Waals surface area contributed by atoms with Gasteiger partial charge in [-0.15, -0.1) is 0 Å². The average Bonchev–Trinajstić information content (AvgIpc) is 2.51. The minimum atomic E-state index is -0.363. The third kappa shape index (κ3) is 10.2. The van der Waals surface area contributed by atoms with Crippen molar-refractivity contribution in [3.05, 3.63) is 0 Å². The normalized spacial score (nSPS) is 13.6. The Kier molecular flexibility index (Phi) is 13.4. The lowest BCUT2D eigenvalue weighted by Gasteiger charge is -2.31. The molecule has 4 nitrogen and oxygen atoms in total. The SMILES string of the molecule is CCCCC(CCCC(C)CCCNCCN)(OC)OC. The molecule has 0 saturated heterocycles. The molecule has 0 aromatic carbocycles. The molecule has 21 heavy (non-hydrogen) atoms. The second-order valence-corrected chi connectivity index (χ2v) is 6.10. The molecule has 0 heterocycles. The van der Waals surface area contributed by atoms with Gasteiger partial charge in [-0.2, -0.15) is 0 Å². The quantitative estimate of drug-likeness (QED) is 0.360. The van der Waals surface area contributed by atoms with E-state index >= 15 is 0 Å². The maximum atomic E-state index is 5.65. The van der Waals surface area contributed by atoms with Crippen molar-refractivity contribution < 1.29 is 9.47 Å². The molecule has 0 aliphatic rings. The van der Waals surface area contributed by atoms with E-state index in [0.29, 0.717) is 0 Å². The van der Waals surface area contributed by atoms with Gasteiger partial charge in [-0.1, -0.05) is 26.7 Å². The van der Waals surface area contributed by atoms with Crippen LogP contribution in [0.25, 0.3) is 0 Å². The van der Waals surface area contributed by atoms with Crippen molar-refractivity contribution in [1.82, 2.24) is 5.32 Å². The zero-order chi connectivity index (χ0) is 16.0. The van der Waals surface area contributed by atoms with Gasteiger partial charge in [0.15, 0.2) is 5.79 Å². The predicted octanol–water partition coefficient (Wildman–Crippen LogP) is 3.30. The van der Waals surface area contributed by atoms with E-state index in [-0.39, 0.29) is 5.79 Å². The van der Waals surface area contributed by atoms with Crippen molar-refractivity contribution in [2.24, 2.45) is 11.7 Å². The second-order valence-electron chi connectivity index (χ2n) is 6.10. The smallest absolute Gasteiger partial charge is 0.167 e. The highest BCUT2D eigenvalue weighted by molar-refractivity contribution is 4.70. The number of ether oxygens (including phenoxy) is 2. The van der Waals surface area contributed by atoms with Crippen LogP contribution in [-0.4, -0.2) is 39.6 Å². The van der Waals surface area contributed by atoms with E-state index in [9.17, 15) is 0 Å². The molecule has 0 aromatic heterocycles. The van der Waals surface area contributed by atoms with E-state index in [4.69, 9.17) is 15.2 Å². The molecule has 0 spiro atoms. The van der Waals surface area contributed by atoms with Crippen molar-refractivity contribution in [2.45, 2.75) is 71.0 Å². The zero-order valence-corrected chi connectivity index (χ0v) is 14.7. The van der Waals surface area contributed by atoms with Crippen LogP contribution in [0.15, 0.2) is 0 Å². The van der Waals surface area contributed by atoms with Gasteiger partial charge in [0.2, 0.25) is 0 Å². The Balaban J connectivity index is 3.81. The molecule has 0 aliphatic carbocycles. The molecule has 0 radical (unpaired) electrons. The van der Waals surface area contributed by atoms with E-state index in [2.05, 4.69) is 19.2 Å². The summed E-state index contributed by atoms with van der Waals surface area (Å²) in [6.45, 7) is 7.28. The van der Waals surface area contributed by atoms with Crippen molar-refractivity contribution in [2.75, 3.05) is 33.9 Å². The van der Waals surface area contributed by atoms with Crippen LogP contribution in [0.3, 0.4) is 0 Å². The van der Waals surface area contributed by atoms with Crippen molar-refractivity contribution in [3.8, 4) is 0 Å². The van der Waals surface area contributed by atoms with Gasteiger partial charge in [0.05, 0.1) is 0 Å². The van der Waals surface area contributed by atoms with Crippen molar-refractivity contribution in [1.29, 1.82) is 0 Å². The Morgan fingerprint density at radius 2 is 1.62 bits per heavy atom. The van der Waals surface area contributed by atoms with E-state index in [0.717, 1.165) is 44.8 Å². The van der Waals surface area contributed by atoms with Gasteiger partial charge in [-0.05, 0) is 38.1 Å². The predicted molar refractivity (Wildman–Crippen MR) is 90.4 cm³/mol. The van der Waals surface area contributed by atoms with E-state index in [1.807, 2.05) is 0 Å². The molecule has 4 heteroatoms. The molecule has 0 aromatic rings. The van der Waals surface area contributed by atoms with E-state index < -0.39 is 0 Å². The lowest BCUT2D eigenvalue weighted by atomic mass is 9.95. The third-order valence-corrected chi connectivity index (χ3v) is 4.28. The van der Waals surface area contributed by atoms with Crippen LogP contribution in [0, 0.1) is 5.92 Å². The van der Waals surface area contributed by atoms with Crippen LogP contribution in [-0.2, 0) is 9.47 Å². The Morgan fingerprint density at radius 1 is 1.00 bits per heavy atom. The number of methoxy groups -OCH3 is 2. The third-order valence-electron chi connectivity index (χ3n) is 4.28. The number of hydrogen-bond donors (Lipinski definition) is 2. The molecule has 0 saturated carbocycles. The zero-order valence-electron chi connectivity index (χ0n) is 14.7. The molecule has 0 fully saturated rings. The molecule has 1 atom stereocenters. The van der Waals surface area contributed by atoms with Crippen molar-refractivity contribution in [3.63, 3.8) is 0 Å². The first-order valence-electron chi connectivity index (χ1n) is 8.65. The Labute approximate surface area is 132 Å². The second kappa shape index (κ2) is 13.5. The lowest BCUT2D eigenvalue weighted by Crippen LogP contribution is -2.33. The highest BCUT2D eigenvalue weighted by atomic mass is 16.7. The summed E-state index contributed by atoms with van der Waals surface area (Å²) in [6.07, 6.45) is 9.25. The number of nitrogens with two attached hydrogens (primary N) is 1. The summed E-state index contributed by atoms with van der Waals surface area (Å²) >= 11 is 0. The molecule has 0 bridgehead atoms. The highest BCUT2D eigenvalue weighted by Gasteiger charge is 2.28. The van der Waals surface area contributed by atoms with E-state index in [1.165, 1.54) is 32.1 Å². The summed E-state index contributed by atoms with van der Waals surface area (Å²) in [6, 6.07) is 0. The molecule has 0 rings (SSSR count). The van der Waals surface area contributed by atoms with Crippen LogP contribution in [0.5, 0.6) is 0 Å². The van der Waals surface area contributed by atoms with Gasteiger partial charge < -0.3 is 20.5 Å². The molecule has 3 N–H and O–H groups in total. The fraction of sp³-hybridized carbons (Fsp3) is 1.00. The fourth-order valence-corrected chi connectivity index (χ4v) is 2.73. The molecule has 128 valence electrons. The van der Waals surface area contributed by atoms with Crippen LogP contribution < -0.4 is 11.1 Å². The summed E-state index contributed by atoms with van der Waals surface area (Å²) in [5.41, 5.74) is 5.45. The summed E-state index contributed by atoms with van der Waals surface area (Å²) < 4.78 is 11.3. The summed E-state index contributed by atoms with van der Waals surface area (Å²) in [7, 11) is 3.54. The topological polar surface area (TPSA) is 56.5 Å². The average molecular weight is 303 g/mol.